The Bertz CT molecular complexity index is 571. The summed E-state index contributed by atoms with van der Waals surface area (Å²) in [6, 6.07) is 14.0. The Morgan fingerprint density at radius 1 is 1.10 bits per heavy atom. The predicted octanol–water partition coefficient (Wildman–Crippen LogP) is 4.30. The van der Waals surface area contributed by atoms with Gasteiger partial charge in [-0.1, -0.05) is 12.1 Å². The number of halogens is 2. The van der Waals surface area contributed by atoms with Gasteiger partial charge in [0.25, 0.3) is 0 Å². The van der Waals surface area contributed by atoms with Gasteiger partial charge in [0.05, 0.1) is 5.75 Å². The fourth-order valence-corrected chi connectivity index (χ4v) is 2.72. The van der Waals surface area contributed by atoms with Crippen LogP contribution in [-0.4, -0.2) is 11.7 Å². The number of hydrogen-bond acceptors (Lipinski definition) is 2. The zero-order chi connectivity index (χ0) is 14.4. The van der Waals surface area contributed by atoms with Crippen LogP contribution in [0, 0.1) is 9.39 Å². The number of carbonyl (C=O) groups excluding carboxylic acids is 1. The van der Waals surface area contributed by atoms with Gasteiger partial charge in [-0.3, -0.25) is 4.79 Å². The summed E-state index contributed by atoms with van der Waals surface area (Å²) >= 11 is 3.72. The summed E-state index contributed by atoms with van der Waals surface area (Å²) in [5.74, 6) is 0.803. The first kappa shape index (κ1) is 15.3. The van der Waals surface area contributed by atoms with E-state index in [-0.39, 0.29) is 11.7 Å². The molecule has 0 unspecified atom stereocenters. The molecule has 2 aromatic carbocycles. The van der Waals surface area contributed by atoms with E-state index in [0.29, 0.717) is 11.5 Å². The second-order valence-corrected chi connectivity index (χ2v) is 6.41. The van der Waals surface area contributed by atoms with Crippen LogP contribution in [0.15, 0.2) is 48.5 Å². The summed E-state index contributed by atoms with van der Waals surface area (Å²) in [5.41, 5.74) is 1.82. The third-order valence-electron chi connectivity index (χ3n) is 2.54. The van der Waals surface area contributed by atoms with Crippen LogP contribution in [0.1, 0.15) is 5.56 Å². The number of thioether (sulfide) groups is 1. The first-order valence-electron chi connectivity index (χ1n) is 6.01. The Hall–Kier alpha value is -1.08. The monoisotopic (exact) mass is 401 g/mol. The Balaban J connectivity index is 1.75. The summed E-state index contributed by atoms with van der Waals surface area (Å²) in [5, 5.41) is 2.84. The molecule has 0 atom stereocenters. The van der Waals surface area contributed by atoms with Crippen molar-refractivity contribution in [3.05, 3.63) is 63.5 Å². The lowest BCUT2D eigenvalue weighted by Gasteiger charge is -2.05. The minimum absolute atomic E-state index is 0.0293. The third-order valence-corrected chi connectivity index (χ3v) is 4.27. The lowest BCUT2D eigenvalue weighted by atomic mass is 10.2. The summed E-state index contributed by atoms with van der Waals surface area (Å²) < 4.78 is 13.9. The van der Waals surface area contributed by atoms with Crippen LogP contribution < -0.4 is 5.32 Å². The maximum atomic E-state index is 12.7. The highest BCUT2D eigenvalue weighted by molar-refractivity contribution is 14.1. The largest absolute Gasteiger partial charge is 0.325 e. The van der Waals surface area contributed by atoms with E-state index >= 15 is 0 Å². The highest BCUT2D eigenvalue weighted by atomic mass is 127. The van der Waals surface area contributed by atoms with Crippen LogP contribution in [0.25, 0.3) is 0 Å². The highest BCUT2D eigenvalue weighted by Crippen LogP contribution is 2.14. The van der Waals surface area contributed by atoms with Crippen LogP contribution >= 0.6 is 34.4 Å². The Kier molecular flexibility index (Phi) is 5.85. The van der Waals surface area contributed by atoms with Crippen LogP contribution in [0.5, 0.6) is 0 Å². The smallest absolute Gasteiger partial charge is 0.234 e. The second kappa shape index (κ2) is 7.64. The molecule has 1 amide bonds. The van der Waals surface area contributed by atoms with Crippen molar-refractivity contribution in [1.29, 1.82) is 0 Å². The molecule has 20 heavy (non-hydrogen) atoms. The molecule has 2 rings (SSSR count). The minimum Gasteiger partial charge on any atom is -0.325 e. The molecule has 0 saturated heterocycles. The number of hydrogen-bond donors (Lipinski definition) is 1. The third kappa shape index (κ3) is 5.13. The summed E-state index contributed by atoms with van der Waals surface area (Å²) in [6.07, 6.45) is 0. The number of carbonyl (C=O) groups is 1. The van der Waals surface area contributed by atoms with E-state index < -0.39 is 0 Å². The van der Waals surface area contributed by atoms with Crippen molar-refractivity contribution < 1.29 is 9.18 Å². The van der Waals surface area contributed by atoms with E-state index in [1.807, 2.05) is 24.3 Å². The Morgan fingerprint density at radius 2 is 1.75 bits per heavy atom. The van der Waals surface area contributed by atoms with E-state index in [1.54, 1.807) is 12.1 Å². The Morgan fingerprint density at radius 3 is 2.40 bits per heavy atom. The molecule has 1 N–H and O–H groups in total. The molecule has 104 valence electrons. The van der Waals surface area contributed by atoms with Crippen molar-refractivity contribution >= 4 is 45.9 Å². The van der Waals surface area contributed by atoms with E-state index in [0.717, 1.165) is 14.8 Å². The number of amides is 1. The fourth-order valence-electron chi connectivity index (χ4n) is 1.57. The summed E-state index contributed by atoms with van der Waals surface area (Å²) in [4.78, 5) is 11.7. The lowest BCUT2D eigenvalue weighted by Crippen LogP contribution is -2.14. The lowest BCUT2D eigenvalue weighted by molar-refractivity contribution is -0.113. The topological polar surface area (TPSA) is 29.1 Å². The predicted molar refractivity (Wildman–Crippen MR) is 90.4 cm³/mol. The summed E-state index contributed by atoms with van der Waals surface area (Å²) in [7, 11) is 0. The number of rotatable bonds is 5. The van der Waals surface area contributed by atoms with Crippen LogP contribution in [-0.2, 0) is 10.5 Å². The summed E-state index contributed by atoms with van der Waals surface area (Å²) in [6.45, 7) is 0. The Labute approximate surface area is 135 Å². The van der Waals surface area contributed by atoms with Gasteiger partial charge in [0.2, 0.25) is 5.91 Å². The number of anilines is 1. The SMILES string of the molecule is O=C(CSCc1ccc(F)cc1)Nc1ccc(I)cc1. The van der Waals surface area contributed by atoms with Gasteiger partial charge in [0.1, 0.15) is 5.82 Å². The van der Waals surface area contributed by atoms with Crippen molar-refractivity contribution in [1.82, 2.24) is 0 Å². The van der Waals surface area contributed by atoms with Gasteiger partial charge in [0, 0.05) is 15.0 Å². The number of nitrogens with one attached hydrogen (secondary N) is 1. The van der Waals surface area contributed by atoms with Gasteiger partial charge in [-0.05, 0) is 64.6 Å². The molecule has 0 saturated carbocycles. The highest BCUT2D eigenvalue weighted by Gasteiger charge is 2.03. The molecule has 2 nitrogen and oxygen atoms in total. The van der Waals surface area contributed by atoms with Crippen LogP contribution in [0.3, 0.4) is 0 Å². The zero-order valence-corrected chi connectivity index (χ0v) is 13.6. The van der Waals surface area contributed by atoms with E-state index in [9.17, 15) is 9.18 Å². The molecule has 2 aromatic rings. The van der Waals surface area contributed by atoms with Crippen LogP contribution in [0.2, 0.25) is 0 Å². The van der Waals surface area contributed by atoms with Crippen molar-refractivity contribution in [3.8, 4) is 0 Å². The normalized spacial score (nSPS) is 10.3. The van der Waals surface area contributed by atoms with Crippen molar-refractivity contribution in [3.63, 3.8) is 0 Å². The average molecular weight is 401 g/mol. The van der Waals surface area contributed by atoms with E-state index in [1.165, 1.54) is 23.9 Å². The molecule has 0 aromatic heterocycles. The first-order chi connectivity index (χ1) is 9.63. The van der Waals surface area contributed by atoms with Gasteiger partial charge in [-0.25, -0.2) is 4.39 Å². The molecule has 0 bridgehead atoms. The van der Waals surface area contributed by atoms with Gasteiger partial charge in [0.15, 0.2) is 0 Å². The molecule has 0 fully saturated rings. The number of benzene rings is 2. The quantitative estimate of drug-likeness (QED) is 0.757. The van der Waals surface area contributed by atoms with Crippen LogP contribution in [0.4, 0.5) is 10.1 Å². The molecule has 5 heteroatoms. The van der Waals surface area contributed by atoms with Crippen molar-refractivity contribution in [2.24, 2.45) is 0 Å². The van der Waals surface area contributed by atoms with Gasteiger partial charge in [-0.15, -0.1) is 11.8 Å². The fraction of sp³-hybridized carbons (Fsp3) is 0.133. The zero-order valence-electron chi connectivity index (χ0n) is 10.6. The van der Waals surface area contributed by atoms with Gasteiger partial charge < -0.3 is 5.32 Å². The van der Waals surface area contributed by atoms with Crippen molar-refractivity contribution in [2.75, 3.05) is 11.1 Å². The standard InChI is InChI=1S/C15H13FINOS/c16-12-3-1-11(2-4-12)9-20-10-15(19)18-14-7-5-13(17)6-8-14/h1-8H,9-10H2,(H,18,19). The van der Waals surface area contributed by atoms with E-state index in [4.69, 9.17) is 0 Å². The molecule has 0 aliphatic heterocycles. The first-order valence-corrected chi connectivity index (χ1v) is 8.24. The maximum Gasteiger partial charge on any atom is 0.234 e. The second-order valence-electron chi connectivity index (χ2n) is 4.17. The molecular formula is C15H13FINOS. The maximum absolute atomic E-state index is 12.7. The molecule has 0 spiro atoms. The average Bonchev–Trinajstić information content (AvgIpc) is 2.44. The molecular weight excluding hydrogens is 388 g/mol. The molecule has 0 heterocycles. The molecule has 0 aliphatic carbocycles. The van der Waals surface area contributed by atoms with Gasteiger partial charge in [-0.2, -0.15) is 0 Å². The van der Waals surface area contributed by atoms with Crippen molar-refractivity contribution in [2.45, 2.75) is 5.75 Å². The molecule has 0 radical (unpaired) electrons. The minimum atomic E-state index is -0.241. The molecule has 0 aliphatic rings. The van der Waals surface area contributed by atoms with Gasteiger partial charge >= 0.3 is 0 Å². The van der Waals surface area contributed by atoms with E-state index in [2.05, 4.69) is 27.9 Å².